The molecule has 6 heteroatoms. The van der Waals surface area contributed by atoms with Crippen molar-refractivity contribution in [1.82, 2.24) is 4.98 Å². The molecule has 2 aromatic carbocycles. The van der Waals surface area contributed by atoms with Crippen LogP contribution in [-0.4, -0.2) is 44.3 Å². The first-order valence-corrected chi connectivity index (χ1v) is 11.2. The van der Waals surface area contributed by atoms with Gasteiger partial charge in [0, 0.05) is 10.5 Å². The number of quaternary nitrogens is 1. The van der Waals surface area contributed by atoms with Crippen LogP contribution in [-0.2, 0) is 6.42 Å². The van der Waals surface area contributed by atoms with Gasteiger partial charge in [0.05, 0.1) is 37.4 Å². The van der Waals surface area contributed by atoms with Gasteiger partial charge in [-0.2, -0.15) is 0 Å². The van der Waals surface area contributed by atoms with Gasteiger partial charge in [-0.3, -0.25) is 9.69 Å². The van der Waals surface area contributed by atoms with Crippen LogP contribution in [0.15, 0.2) is 47.4 Å². The summed E-state index contributed by atoms with van der Waals surface area (Å²) < 4.78 is 1.14. The van der Waals surface area contributed by atoms with Crippen molar-refractivity contribution >= 4 is 44.4 Å². The molecule has 0 saturated carbocycles. The Morgan fingerprint density at radius 1 is 1.22 bits per heavy atom. The zero-order valence-corrected chi connectivity index (χ0v) is 17.9. The van der Waals surface area contributed by atoms with E-state index in [1.165, 1.54) is 10.5 Å². The molecule has 142 valence electrons. The number of rotatable bonds is 7. The maximum atomic E-state index is 13.3. The maximum absolute atomic E-state index is 13.3. The summed E-state index contributed by atoms with van der Waals surface area (Å²) in [7, 11) is 4.20. The molecule has 0 saturated heterocycles. The smallest absolute Gasteiger partial charge is 0.260 e. The van der Waals surface area contributed by atoms with E-state index in [-0.39, 0.29) is 5.91 Å². The van der Waals surface area contributed by atoms with E-state index in [1.54, 1.807) is 23.1 Å². The van der Waals surface area contributed by atoms with Crippen molar-refractivity contribution in [2.75, 3.05) is 38.3 Å². The Morgan fingerprint density at radius 3 is 2.74 bits per heavy atom. The predicted molar refractivity (Wildman–Crippen MR) is 117 cm³/mol. The van der Waals surface area contributed by atoms with Crippen molar-refractivity contribution in [3.05, 3.63) is 53.6 Å². The molecule has 3 aromatic rings. The van der Waals surface area contributed by atoms with Crippen LogP contribution < -0.4 is 9.80 Å². The van der Waals surface area contributed by atoms with Crippen molar-refractivity contribution in [2.24, 2.45) is 0 Å². The van der Waals surface area contributed by atoms with Gasteiger partial charge < -0.3 is 4.90 Å². The molecule has 0 unspecified atom stereocenters. The molecule has 1 amide bonds. The third kappa shape index (κ3) is 4.69. The van der Waals surface area contributed by atoms with E-state index in [9.17, 15) is 4.79 Å². The number of carbonyl (C=O) groups excluding carboxylic acids is 1. The molecule has 1 N–H and O–H groups in total. The second-order valence-electron chi connectivity index (χ2n) is 6.80. The van der Waals surface area contributed by atoms with Crippen LogP contribution in [0.5, 0.6) is 0 Å². The third-order valence-corrected chi connectivity index (χ3v) is 6.24. The molecule has 0 aliphatic carbocycles. The number of benzene rings is 2. The minimum Gasteiger partial charge on any atom is -0.338 e. The number of thioether (sulfide) groups is 1. The van der Waals surface area contributed by atoms with Crippen LogP contribution in [0.3, 0.4) is 0 Å². The SMILES string of the molecule is CCc1ccc2nc(N(CC[NH+](C)C)C(=O)c3cccc(SC)c3)sc2c1. The molecule has 0 radical (unpaired) electrons. The fourth-order valence-corrected chi connectivity index (χ4v) is 4.34. The lowest BCUT2D eigenvalue weighted by atomic mass is 10.2. The molecule has 0 aliphatic heterocycles. The fraction of sp³-hybridized carbons (Fsp3) is 0.333. The monoisotopic (exact) mass is 400 g/mol. The summed E-state index contributed by atoms with van der Waals surface area (Å²) in [6, 6.07) is 14.2. The molecule has 1 heterocycles. The summed E-state index contributed by atoms with van der Waals surface area (Å²) in [5.41, 5.74) is 2.96. The van der Waals surface area contributed by atoms with Gasteiger partial charge in [0.1, 0.15) is 0 Å². The molecule has 3 rings (SSSR count). The second-order valence-corrected chi connectivity index (χ2v) is 8.69. The standard InChI is InChI=1S/C21H25N3OS2/c1-5-15-9-10-18-19(13-15)27-21(22-18)24(12-11-23(2)3)20(25)16-7-6-8-17(14-16)26-4/h6-10,13-14H,5,11-12H2,1-4H3/p+1. The number of fused-ring (bicyclic) bond motifs is 1. The summed E-state index contributed by atoms with van der Waals surface area (Å²) in [5.74, 6) is 0.0157. The van der Waals surface area contributed by atoms with Gasteiger partial charge in [0.15, 0.2) is 5.13 Å². The van der Waals surface area contributed by atoms with E-state index in [2.05, 4.69) is 39.2 Å². The Bertz CT molecular complexity index is 936. The van der Waals surface area contributed by atoms with Crippen molar-refractivity contribution in [3.8, 4) is 0 Å². The summed E-state index contributed by atoms with van der Waals surface area (Å²) in [5, 5.41) is 0.777. The number of nitrogens with zero attached hydrogens (tertiary/aromatic N) is 2. The number of hydrogen-bond donors (Lipinski definition) is 1. The Balaban J connectivity index is 1.98. The number of aryl methyl sites for hydroxylation is 1. The second kappa shape index (κ2) is 8.87. The molecule has 0 spiro atoms. The number of amides is 1. The lowest BCUT2D eigenvalue weighted by molar-refractivity contribution is -0.856. The number of likely N-dealkylation sites (N-methyl/N-ethyl adjacent to an activating group) is 1. The summed E-state index contributed by atoms with van der Waals surface area (Å²) in [4.78, 5) is 22.3. The highest BCUT2D eigenvalue weighted by Crippen LogP contribution is 2.30. The quantitative estimate of drug-likeness (QED) is 0.618. The minimum atomic E-state index is 0.0157. The highest BCUT2D eigenvalue weighted by Gasteiger charge is 2.22. The van der Waals surface area contributed by atoms with Crippen molar-refractivity contribution < 1.29 is 9.69 Å². The van der Waals surface area contributed by atoms with Gasteiger partial charge in [0.25, 0.3) is 5.91 Å². The van der Waals surface area contributed by atoms with Gasteiger partial charge in [-0.25, -0.2) is 4.98 Å². The molecule has 0 fully saturated rings. The van der Waals surface area contributed by atoms with Crippen molar-refractivity contribution in [1.29, 1.82) is 0 Å². The summed E-state index contributed by atoms with van der Waals surface area (Å²) in [6.45, 7) is 3.66. The highest BCUT2D eigenvalue weighted by atomic mass is 32.2. The largest absolute Gasteiger partial charge is 0.338 e. The number of carbonyl (C=O) groups is 1. The molecule has 0 atom stereocenters. The number of hydrogen-bond acceptors (Lipinski definition) is 4. The average Bonchev–Trinajstić information content (AvgIpc) is 3.10. The lowest BCUT2D eigenvalue weighted by Gasteiger charge is -2.21. The average molecular weight is 401 g/mol. The minimum absolute atomic E-state index is 0.0157. The Kier molecular flexibility index (Phi) is 6.52. The lowest BCUT2D eigenvalue weighted by Crippen LogP contribution is -3.06. The van der Waals surface area contributed by atoms with Crippen molar-refractivity contribution in [3.63, 3.8) is 0 Å². The van der Waals surface area contributed by atoms with Gasteiger partial charge in [0.2, 0.25) is 0 Å². The first-order chi connectivity index (χ1) is 13.0. The van der Waals surface area contributed by atoms with Crippen LogP contribution >= 0.6 is 23.1 Å². The molecule has 4 nitrogen and oxygen atoms in total. The van der Waals surface area contributed by atoms with E-state index < -0.39 is 0 Å². The van der Waals surface area contributed by atoms with E-state index in [1.807, 2.05) is 35.4 Å². The molecule has 1 aromatic heterocycles. The van der Waals surface area contributed by atoms with Crippen LogP contribution in [0, 0.1) is 0 Å². The van der Waals surface area contributed by atoms with Crippen LogP contribution in [0.1, 0.15) is 22.8 Å². The zero-order valence-electron chi connectivity index (χ0n) is 16.3. The van der Waals surface area contributed by atoms with Gasteiger partial charge in [-0.15, -0.1) is 11.8 Å². The molecule has 27 heavy (non-hydrogen) atoms. The molecular formula is C21H26N3OS2+. The van der Waals surface area contributed by atoms with E-state index in [4.69, 9.17) is 4.98 Å². The van der Waals surface area contributed by atoms with Crippen LogP contribution in [0.4, 0.5) is 5.13 Å². The van der Waals surface area contributed by atoms with Gasteiger partial charge in [-0.05, 0) is 48.6 Å². The normalized spacial score (nSPS) is 11.3. The Morgan fingerprint density at radius 2 is 2.04 bits per heavy atom. The van der Waals surface area contributed by atoms with Crippen LogP contribution in [0.25, 0.3) is 10.2 Å². The maximum Gasteiger partial charge on any atom is 0.260 e. The highest BCUT2D eigenvalue weighted by molar-refractivity contribution is 7.98. The third-order valence-electron chi connectivity index (χ3n) is 4.48. The molecule has 0 bridgehead atoms. The van der Waals surface area contributed by atoms with Crippen LogP contribution in [0.2, 0.25) is 0 Å². The Labute approximate surface area is 169 Å². The van der Waals surface area contributed by atoms with Gasteiger partial charge >= 0.3 is 0 Å². The van der Waals surface area contributed by atoms with Crippen molar-refractivity contribution in [2.45, 2.75) is 18.2 Å². The number of thiazole rings is 1. The van der Waals surface area contributed by atoms with E-state index in [0.29, 0.717) is 12.1 Å². The number of anilines is 1. The first kappa shape index (κ1) is 19.9. The fourth-order valence-electron chi connectivity index (χ4n) is 2.82. The summed E-state index contributed by atoms with van der Waals surface area (Å²) in [6.07, 6.45) is 3.02. The van der Waals surface area contributed by atoms with E-state index >= 15 is 0 Å². The van der Waals surface area contributed by atoms with E-state index in [0.717, 1.165) is 33.2 Å². The first-order valence-electron chi connectivity index (χ1n) is 9.16. The number of nitrogens with one attached hydrogen (secondary N) is 1. The molecular weight excluding hydrogens is 374 g/mol. The summed E-state index contributed by atoms with van der Waals surface area (Å²) >= 11 is 3.25. The topological polar surface area (TPSA) is 37.6 Å². The predicted octanol–water partition coefficient (Wildman–Crippen LogP) is 3.37. The number of aromatic nitrogens is 1. The van der Waals surface area contributed by atoms with Gasteiger partial charge in [-0.1, -0.05) is 30.4 Å². The Hall–Kier alpha value is -1.89. The molecule has 0 aliphatic rings. The zero-order chi connectivity index (χ0) is 19.4.